The highest BCUT2D eigenvalue weighted by Crippen LogP contribution is 2.58. The molecule has 0 amide bonds. The van der Waals surface area contributed by atoms with Crippen molar-refractivity contribution in [2.24, 2.45) is 5.92 Å². The summed E-state index contributed by atoms with van der Waals surface area (Å²) in [5.41, 5.74) is 5.39. The van der Waals surface area contributed by atoms with E-state index in [1.807, 2.05) is 0 Å². The van der Waals surface area contributed by atoms with Crippen LogP contribution in [-0.2, 0) is 39.2 Å². The maximum absolute atomic E-state index is 13.3. The molecule has 0 spiro atoms. The first-order valence-electron chi connectivity index (χ1n) is 12.9. The molecule has 3 aromatic rings. The van der Waals surface area contributed by atoms with Gasteiger partial charge in [0.1, 0.15) is 30.7 Å². The van der Waals surface area contributed by atoms with Crippen LogP contribution in [0.2, 0.25) is 0 Å². The first-order chi connectivity index (χ1) is 20.0. The van der Waals surface area contributed by atoms with Crippen LogP contribution >= 0.6 is 25.8 Å². The van der Waals surface area contributed by atoms with Gasteiger partial charge >= 0.3 is 13.5 Å². The van der Waals surface area contributed by atoms with Crippen molar-refractivity contribution >= 4 is 54.6 Å². The molecule has 20 heteroatoms. The predicted octanol–water partition coefficient (Wildman–Crippen LogP) is 1.67. The smallest absolute Gasteiger partial charge is 0.386 e. The summed E-state index contributed by atoms with van der Waals surface area (Å²) < 4.78 is 49.6. The molecule has 42 heavy (non-hydrogen) atoms. The van der Waals surface area contributed by atoms with Crippen molar-refractivity contribution in [3.05, 3.63) is 41.2 Å². The Morgan fingerprint density at radius 3 is 2.86 bits per heavy atom. The van der Waals surface area contributed by atoms with E-state index in [1.165, 1.54) is 23.2 Å². The number of ether oxygens (including phenoxy) is 2. The van der Waals surface area contributed by atoms with Gasteiger partial charge in [-0.25, -0.2) is 14.5 Å². The van der Waals surface area contributed by atoms with E-state index in [1.54, 1.807) is 12.3 Å². The molecule has 5 heterocycles. The topological polar surface area (TPSA) is 215 Å². The number of anilines is 1. The van der Waals surface area contributed by atoms with Crippen LogP contribution in [0.15, 0.2) is 35.6 Å². The zero-order valence-electron chi connectivity index (χ0n) is 21.7. The lowest BCUT2D eigenvalue weighted by atomic mass is 10.0. The highest BCUT2D eigenvalue weighted by Gasteiger charge is 2.50. The predicted molar refractivity (Wildman–Crippen MR) is 153 cm³/mol. The number of nitrogens with zero attached hydrogens (tertiary/aromatic N) is 4. The molecule has 3 aromatic heterocycles. The molecule has 9 atom stereocenters. The van der Waals surface area contributed by atoms with Crippen molar-refractivity contribution in [3.8, 4) is 5.88 Å². The van der Waals surface area contributed by atoms with Gasteiger partial charge in [0, 0.05) is 24.9 Å². The second kappa shape index (κ2) is 11.9. The minimum Gasteiger partial charge on any atom is -0.474 e. The van der Waals surface area contributed by atoms with Crippen molar-refractivity contribution < 1.29 is 42.1 Å². The van der Waals surface area contributed by atoms with E-state index in [0.29, 0.717) is 25.1 Å². The minimum absolute atomic E-state index is 0.0572. The van der Waals surface area contributed by atoms with Gasteiger partial charge in [-0.2, -0.15) is 4.98 Å². The SMILES string of the molecule is Nc1nc2c(ccn2[C@@H]2O[C@@H]3COP(O)(=S)O[C@H]4C[C@H](Oc5ccncn5)C[C@@H]4CCOP(=O)(S)O[C@@H]2[C@@H]3O)c(=O)[nH]1. The quantitative estimate of drug-likeness (QED) is 0.199. The van der Waals surface area contributed by atoms with Gasteiger partial charge in [0.25, 0.3) is 5.56 Å². The van der Waals surface area contributed by atoms with E-state index in [2.05, 4.69) is 32.2 Å². The molecule has 2 saturated heterocycles. The molecule has 16 nitrogen and oxygen atoms in total. The number of hydrogen-bond acceptors (Lipinski definition) is 14. The maximum Gasteiger partial charge on any atom is 0.386 e. The fraction of sp³-hybridized carbons (Fsp3) is 0.545. The van der Waals surface area contributed by atoms with Gasteiger partial charge in [-0.3, -0.25) is 14.3 Å². The van der Waals surface area contributed by atoms with Gasteiger partial charge in [-0.1, -0.05) is 12.2 Å². The van der Waals surface area contributed by atoms with E-state index >= 15 is 0 Å². The van der Waals surface area contributed by atoms with E-state index in [9.17, 15) is 19.4 Å². The number of nitrogens with one attached hydrogen (secondary N) is 1. The number of H-pyrrole nitrogens is 1. The Bertz CT molecular complexity index is 1600. The van der Waals surface area contributed by atoms with Crippen molar-refractivity contribution in [2.75, 3.05) is 18.9 Å². The first kappa shape index (κ1) is 30.1. The summed E-state index contributed by atoms with van der Waals surface area (Å²) in [4.78, 5) is 37.8. The number of nitrogens with two attached hydrogens (primary N) is 1. The second-order valence-electron chi connectivity index (χ2n) is 10.1. The fourth-order valence-electron chi connectivity index (χ4n) is 5.42. The minimum atomic E-state index is -4.06. The Morgan fingerprint density at radius 2 is 2.07 bits per heavy atom. The molecule has 3 fully saturated rings. The van der Waals surface area contributed by atoms with Crippen LogP contribution in [0, 0.1) is 5.92 Å². The number of nitrogen functional groups attached to an aromatic ring is 1. The highest BCUT2D eigenvalue weighted by atomic mass is 32.7. The van der Waals surface area contributed by atoms with Gasteiger partial charge in [-0.05, 0) is 36.6 Å². The highest BCUT2D eigenvalue weighted by molar-refractivity contribution is 8.44. The van der Waals surface area contributed by atoms with E-state index < -0.39 is 56.3 Å². The number of hydrogen-bond donors (Lipinski definition) is 5. The molecule has 3 aliphatic rings. The van der Waals surface area contributed by atoms with E-state index in [4.69, 9.17) is 45.1 Å². The first-order valence-corrected chi connectivity index (χ1v) is 18.2. The molecule has 6 rings (SSSR count). The van der Waals surface area contributed by atoms with Crippen LogP contribution in [0.5, 0.6) is 5.88 Å². The van der Waals surface area contributed by atoms with Crippen LogP contribution in [0.4, 0.5) is 5.95 Å². The average Bonchev–Trinajstić information content (AvgIpc) is 3.59. The van der Waals surface area contributed by atoms with Gasteiger partial charge in [0.2, 0.25) is 11.8 Å². The Hall–Kier alpha value is -1.95. The number of fused-ring (bicyclic) bond motifs is 4. The third kappa shape index (κ3) is 6.44. The molecular weight excluding hydrogens is 634 g/mol. The molecule has 228 valence electrons. The van der Waals surface area contributed by atoms with Crippen molar-refractivity contribution in [1.82, 2.24) is 24.5 Å². The van der Waals surface area contributed by atoms with Crippen LogP contribution in [0.25, 0.3) is 11.0 Å². The summed E-state index contributed by atoms with van der Waals surface area (Å²) in [7, 11) is 0. The number of aromatic nitrogens is 5. The molecule has 0 aromatic carbocycles. The van der Waals surface area contributed by atoms with Crippen LogP contribution in [0.3, 0.4) is 0 Å². The fourth-order valence-corrected chi connectivity index (χ4v) is 8.43. The summed E-state index contributed by atoms with van der Waals surface area (Å²) in [5, 5.41) is 11.4. The Labute approximate surface area is 248 Å². The van der Waals surface area contributed by atoms with Gasteiger partial charge in [-0.15, -0.1) is 0 Å². The molecular formula is C22H28N6O10P2S2. The van der Waals surface area contributed by atoms with Gasteiger partial charge in [0.15, 0.2) is 11.9 Å². The zero-order chi connectivity index (χ0) is 29.6. The molecule has 2 bridgehead atoms. The summed E-state index contributed by atoms with van der Waals surface area (Å²) in [6.07, 6.45) is -0.301. The molecule has 5 N–H and O–H groups in total. The Balaban J connectivity index is 1.25. The molecule has 1 saturated carbocycles. The van der Waals surface area contributed by atoms with Crippen molar-refractivity contribution in [2.45, 2.75) is 56.0 Å². The lowest BCUT2D eigenvalue weighted by molar-refractivity contribution is -0.0478. The standard InChI is InChI=1S/C22H28N6O10P2S2/c23-22-26-19-13(20(30)27-22)2-5-28(19)21-18-17(29)15(36-21)9-34-40(32,42)37-14-8-12(35-16-1-4-24-10-25-16)7-11(14)3-6-33-39(31,41)38-18/h1-2,4-5,10-12,14-15,17-18,21,29H,3,6-9H2,(H,31,41)(H,32,42)(H3,23,26,27,30)/t11-,12+,14-,15+,17+,18+,21+,39?,40?/m0/s1. The number of aliphatic hydroxyl groups is 1. The Morgan fingerprint density at radius 1 is 1.24 bits per heavy atom. The van der Waals surface area contributed by atoms with Crippen LogP contribution in [-0.4, -0.2) is 78.2 Å². The van der Waals surface area contributed by atoms with E-state index in [-0.39, 0.29) is 35.6 Å². The molecule has 2 unspecified atom stereocenters. The van der Waals surface area contributed by atoms with E-state index in [0.717, 1.165) is 0 Å². The van der Waals surface area contributed by atoms with Gasteiger partial charge < -0.3 is 43.3 Å². The summed E-state index contributed by atoms with van der Waals surface area (Å²) in [6.45, 7) is -8.34. The maximum atomic E-state index is 13.3. The third-order valence-corrected chi connectivity index (χ3v) is 10.5. The number of aliphatic hydroxyl groups excluding tert-OH is 1. The lowest BCUT2D eigenvalue weighted by Gasteiger charge is -2.27. The van der Waals surface area contributed by atoms with Gasteiger partial charge in [0.05, 0.1) is 24.7 Å². The largest absolute Gasteiger partial charge is 0.474 e. The summed E-state index contributed by atoms with van der Waals surface area (Å²) in [6, 6.07) is 3.11. The number of rotatable bonds is 3. The van der Waals surface area contributed by atoms with Crippen LogP contribution in [0.1, 0.15) is 25.5 Å². The third-order valence-electron chi connectivity index (χ3n) is 7.28. The molecule has 0 radical (unpaired) electrons. The van der Waals surface area contributed by atoms with Crippen LogP contribution < -0.4 is 16.0 Å². The summed E-state index contributed by atoms with van der Waals surface area (Å²) >= 11 is 9.45. The Kier molecular flexibility index (Phi) is 8.50. The lowest BCUT2D eigenvalue weighted by Crippen LogP contribution is -2.35. The molecule has 1 aliphatic carbocycles. The normalized spacial score (nSPS) is 37.7. The molecule has 2 aliphatic heterocycles. The number of aromatic amines is 1. The summed E-state index contributed by atoms with van der Waals surface area (Å²) in [5.74, 6) is 0.0378. The second-order valence-corrected chi connectivity index (χ2v) is 15.7. The van der Waals surface area contributed by atoms with Crippen molar-refractivity contribution in [3.63, 3.8) is 0 Å². The monoisotopic (exact) mass is 662 g/mol. The average molecular weight is 663 g/mol. The van der Waals surface area contributed by atoms with Crippen molar-refractivity contribution in [1.29, 1.82) is 0 Å². The zero-order valence-corrected chi connectivity index (χ0v) is 25.2. The number of thiol groups is 1.